The van der Waals surface area contributed by atoms with Crippen molar-refractivity contribution in [3.8, 4) is 22.8 Å². The summed E-state index contributed by atoms with van der Waals surface area (Å²) in [6.07, 6.45) is 3.48. The molecule has 9 nitrogen and oxygen atoms in total. The summed E-state index contributed by atoms with van der Waals surface area (Å²) in [7, 11) is -4.45. The molecule has 1 aliphatic heterocycles. The van der Waals surface area contributed by atoms with E-state index in [4.69, 9.17) is 19.5 Å². The van der Waals surface area contributed by atoms with E-state index in [1.165, 1.54) is 34.8 Å². The van der Waals surface area contributed by atoms with Crippen LogP contribution in [-0.4, -0.2) is 50.2 Å². The SMILES string of the molecule is CS(=O)(=O)N(Cc1cc2oc(-c3ccc(Oc4ccc(F)cc4)cc3)c(C(N)=O)c2cc1C1CC1)CC1COB(O)C1. The number of nitrogens with zero attached hydrogens (tertiary/aromatic N) is 1. The Morgan fingerprint density at radius 3 is 2.36 bits per heavy atom. The molecular weight excluding hydrogens is 562 g/mol. The number of hydrogen-bond donors (Lipinski definition) is 2. The maximum atomic E-state index is 13.2. The van der Waals surface area contributed by atoms with Gasteiger partial charge in [0, 0.05) is 30.6 Å². The molecule has 2 heterocycles. The smallest absolute Gasteiger partial charge is 0.454 e. The highest BCUT2D eigenvalue weighted by Crippen LogP contribution is 2.45. The molecule has 6 rings (SSSR count). The molecule has 1 aromatic heterocycles. The van der Waals surface area contributed by atoms with Crippen molar-refractivity contribution in [2.24, 2.45) is 11.7 Å². The zero-order valence-corrected chi connectivity index (χ0v) is 23.8. The zero-order valence-electron chi connectivity index (χ0n) is 23.0. The highest BCUT2D eigenvalue weighted by atomic mass is 32.2. The summed E-state index contributed by atoms with van der Waals surface area (Å²) in [5.74, 6) is 0.442. The summed E-state index contributed by atoms with van der Waals surface area (Å²) in [6.45, 7) is 0.643. The molecule has 2 fully saturated rings. The number of rotatable bonds is 10. The molecule has 1 saturated carbocycles. The van der Waals surface area contributed by atoms with Crippen LogP contribution >= 0.6 is 0 Å². The standard InChI is InChI=1S/C30H30BFN2O7S/c1-42(37,38)34(15-18-14-31(36)39-17-18)16-21-12-27-26(13-25(21)19-2-3-19)28(30(33)35)29(41-27)20-4-8-23(9-5-20)40-24-10-6-22(32)7-11-24/h4-13,18-19,36H,2-3,14-17H2,1H3,(H2,33,35). The largest absolute Gasteiger partial charge is 0.457 e. The number of primary amides is 1. The molecule has 1 unspecified atom stereocenters. The zero-order chi connectivity index (χ0) is 29.6. The van der Waals surface area contributed by atoms with E-state index in [0.717, 1.165) is 24.0 Å². The molecule has 0 spiro atoms. The Morgan fingerprint density at radius 1 is 1.12 bits per heavy atom. The monoisotopic (exact) mass is 592 g/mol. The van der Waals surface area contributed by atoms with Gasteiger partial charge < -0.3 is 24.6 Å². The van der Waals surface area contributed by atoms with Gasteiger partial charge in [0.05, 0.1) is 11.8 Å². The first-order valence-electron chi connectivity index (χ1n) is 13.7. The number of nitrogens with two attached hydrogens (primary N) is 1. The fourth-order valence-corrected chi connectivity index (χ4v) is 6.32. The predicted molar refractivity (Wildman–Crippen MR) is 156 cm³/mol. The molecule has 1 amide bonds. The van der Waals surface area contributed by atoms with Crippen molar-refractivity contribution in [2.75, 3.05) is 19.4 Å². The number of sulfonamides is 1. The van der Waals surface area contributed by atoms with Crippen molar-refractivity contribution < 1.29 is 36.4 Å². The first-order chi connectivity index (χ1) is 20.0. The molecule has 218 valence electrons. The summed E-state index contributed by atoms with van der Waals surface area (Å²) in [4.78, 5) is 12.7. The van der Waals surface area contributed by atoms with Crippen LogP contribution in [0.3, 0.4) is 0 Å². The van der Waals surface area contributed by atoms with Gasteiger partial charge in [0.1, 0.15) is 28.7 Å². The van der Waals surface area contributed by atoms with Gasteiger partial charge in [0.25, 0.3) is 5.91 Å². The van der Waals surface area contributed by atoms with Crippen molar-refractivity contribution in [3.63, 3.8) is 0 Å². The third-order valence-electron chi connectivity index (χ3n) is 7.72. The van der Waals surface area contributed by atoms with E-state index in [-0.39, 0.29) is 36.3 Å². The van der Waals surface area contributed by atoms with Gasteiger partial charge in [-0.3, -0.25) is 4.79 Å². The lowest BCUT2D eigenvalue weighted by atomic mass is 9.82. The van der Waals surface area contributed by atoms with Crippen LogP contribution in [0.5, 0.6) is 11.5 Å². The van der Waals surface area contributed by atoms with Crippen LogP contribution in [0.1, 0.15) is 40.2 Å². The molecule has 2 aliphatic rings. The molecule has 0 bridgehead atoms. The molecule has 1 atom stereocenters. The van der Waals surface area contributed by atoms with Gasteiger partial charge in [-0.05, 0) is 103 Å². The van der Waals surface area contributed by atoms with Gasteiger partial charge in [-0.15, -0.1) is 0 Å². The van der Waals surface area contributed by atoms with E-state index >= 15 is 0 Å². The lowest BCUT2D eigenvalue weighted by molar-refractivity contribution is 0.100. The van der Waals surface area contributed by atoms with E-state index < -0.39 is 23.0 Å². The first-order valence-corrected chi connectivity index (χ1v) is 15.6. The van der Waals surface area contributed by atoms with Crippen LogP contribution in [-0.2, 0) is 21.2 Å². The number of halogens is 1. The summed E-state index contributed by atoms with van der Waals surface area (Å²) in [5, 5.41) is 10.3. The number of hydrogen-bond acceptors (Lipinski definition) is 7. The van der Waals surface area contributed by atoms with Crippen LogP contribution in [0.15, 0.2) is 65.1 Å². The number of ether oxygens (including phenoxy) is 1. The number of fused-ring (bicyclic) bond motifs is 1. The molecule has 1 aliphatic carbocycles. The molecule has 4 aromatic rings. The maximum Gasteiger partial charge on any atom is 0.454 e. The summed E-state index contributed by atoms with van der Waals surface area (Å²) >= 11 is 0. The quantitative estimate of drug-likeness (QED) is 0.251. The average Bonchev–Trinajstić information content (AvgIpc) is 3.60. The lowest BCUT2D eigenvalue weighted by Gasteiger charge is -2.24. The van der Waals surface area contributed by atoms with Crippen LogP contribution in [0, 0.1) is 11.7 Å². The second-order valence-electron chi connectivity index (χ2n) is 11.0. The first kappa shape index (κ1) is 28.4. The normalized spacial score (nSPS) is 17.3. The highest BCUT2D eigenvalue weighted by molar-refractivity contribution is 7.88. The Labute approximate surface area is 243 Å². The molecule has 0 radical (unpaired) electrons. The van der Waals surface area contributed by atoms with Crippen molar-refractivity contribution in [1.29, 1.82) is 0 Å². The minimum absolute atomic E-state index is 0.116. The van der Waals surface area contributed by atoms with Crippen molar-refractivity contribution in [2.45, 2.75) is 31.6 Å². The Bertz CT molecular complexity index is 1740. The maximum absolute atomic E-state index is 13.2. The topological polar surface area (TPSA) is 132 Å². The van der Waals surface area contributed by atoms with E-state index in [1.807, 2.05) is 12.1 Å². The van der Waals surface area contributed by atoms with Gasteiger partial charge in [-0.2, -0.15) is 4.31 Å². The van der Waals surface area contributed by atoms with Gasteiger partial charge in [-0.25, -0.2) is 12.8 Å². The van der Waals surface area contributed by atoms with Crippen molar-refractivity contribution in [3.05, 3.63) is 83.2 Å². The fraction of sp³-hybridized carbons (Fsp3) is 0.300. The highest BCUT2D eigenvalue weighted by Gasteiger charge is 2.34. The second kappa shape index (κ2) is 11.2. The van der Waals surface area contributed by atoms with Gasteiger partial charge in [-0.1, -0.05) is 0 Å². The van der Waals surface area contributed by atoms with Gasteiger partial charge in [0.2, 0.25) is 10.0 Å². The Balaban J connectivity index is 1.34. The third kappa shape index (κ3) is 6.07. The predicted octanol–water partition coefficient (Wildman–Crippen LogP) is 4.90. The minimum atomic E-state index is -3.57. The van der Waals surface area contributed by atoms with E-state index in [0.29, 0.717) is 46.7 Å². The molecule has 1 saturated heterocycles. The summed E-state index contributed by atoms with van der Waals surface area (Å²) in [6, 6.07) is 16.3. The molecule has 12 heteroatoms. The van der Waals surface area contributed by atoms with E-state index in [2.05, 4.69) is 0 Å². The summed E-state index contributed by atoms with van der Waals surface area (Å²) in [5.41, 5.74) is 8.91. The molecule has 42 heavy (non-hydrogen) atoms. The lowest BCUT2D eigenvalue weighted by Crippen LogP contribution is -2.34. The van der Waals surface area contributed by atoms with E-state index in [9.17, 15) is 22.6 Å². The molecule has 3 aromatic carbocycles. The van der Waals surface area contributed by atoms with Crippen molar-refractivity contribution >= 4 is 34.0 Å². The number of benzene rings is 3. The number of carbonyl (C=O) groups is 1. The van der Waals surface area contributed by atoms with Gasteiger partial charge >= 0.3 is 7.12 Å². The molecule has 3 N–H and O–H groups in total. The van der Waals surface area contributed by atoms with Crippen LogP contribution < -0.4 is 10.5 Å². The fourth-order valence-electron chi connectivity index (χ4n) is 5.46. The summed E-state index contributed by atoms with van der Waals surface area (Å²) < 4.78 is 57.4. The van der Waals surface area contributed by atoms with E-state index in [1.54, 1.807) is 24.3 Å². The number of amides is 1. The average molecular weight is 592 g/mol. The Morgan fingerprint density at radius 2 is 1.79 bits per heavy atom. The van der Waals surface area contributed by atoms with Crippen LogP contribution in [0.25, 0.3) is 22.3 Å². The van der Waals surface area contributed by atoms with Crippen LogP contribution in [0.2, 0.25) is 6.32 Å². The number of carbonyl (C=O) groups excluding carboxylic acids is 1. The Hall–Kier alpha value is -3.71. The Kier molecular flexibility index (Phi) is 7.56. The minimum Gasteiger partial charge on any atom is -0.457 e. The molecular formula is C30H30BFN2O7S. The van der Waals surface area contributed by atoms with Crippen LogP contribution in [0.4, 0.5) is 4.39 Å². The van der Waals surface area contributed by atoms with Gasteiger partial charge in [0.15, 0.2) is 0 Å². The van der Waals surface area contributed by atoms with Crippen molar-refractivity contribution in [1.82, 2.24) is 4.31 Å². The number of furan rings is 1. The second-order valence-corrected chi connectivity index (χ2v) is 13.0. The third-order valence-corrected chi connectivity index (χ3v) is 8.93.